The first-order chi connectivity index (χ1) is 3.91. The summed E-state index contributed by atoms with van der Waals surface area (Å²) < 4.78 is 9.78. The van der Waals surface area contributed by atoms with Gasteiger partial charge in [0.05, 0.1) is 0 Å². The molecule has 0 unspecified atom stereocenters. The largest absolute Gasteiger partial charge is 0.458 e. The average molecular weight is 131 g/mol. The van der Waals surface area contributed by atoms with Crippen molar-refractivity contribution in [2.45, 2.75) is 19.3 Å². The summed E-state index contributed by atoms with van der Waals surface area (Å²) in [7, 11) is 0. The van der Waals surface area contributed by atoms with Crippen molar-refractivity contribution >= 4 is 11.7 Å². The molecule has 0 atom stereocenters. The van der Waals surface area contributed by atoms with Crippen LogP contribution in [0.3, 0.4) is 0 Å². The molecule has 0 aromatic carbocycles. The second-order valence-electron chi connectivity index (χ2n) is 1.61. The van der Waals surface area contributed by atoms with Gasteiger partial charge in [0, 0.05) is 10.6 Å². The lowest BCUT2D eigenvalue weighted by atomic mass is 10.2. The van der Waals surface area contributed by atoms with Crippen LogP contribution in [0.2, 0.25) is 0 Å². The Balaban J connectivity index is 2.71. The van der Waals surface area contributed by atoms with Gasteiger partial charge in [0.25, 0.3) is 0 Å². The van der Waals surface area contributed by atoms with Crippen LogP contribution in [0.1, 0.15) is 19.3 Å². The second kappa shape index (κ2) is 6.76. The Morgan fingerprint density at radius 2 is 2.25 bits per heavy atom. The van der Waals surface area contributed by atoms with Crippen LogP contribution < -0.4 is 0 Å². The summed E-state index contributed by atoms with van der Waals surface area (Å²) in [6.07, 6.45) is 5.06. The molecule has 8 heavy (non-hydrogen) atoms. The summed E-state index contributed by atoms with van der Waals surface area (Å²) in [6.45, 7) is 3.57. The first kappa shape index (κ1) is 7.76. The zero-order chi connectivity index (χ0) is 6.24. The van der Waals surface area contributed by atoms with Crippen LogP contribution >= 0.6 is 0 Å². The van der Waals surface area contributed by atoms with Gasteiger partial charge in [-0.05, 0) is 12.8 Å². The predicted octanol–water partition coefficient (Wildman–Crippen LogP) is 1.77. The van der Waals surface area contributed by atoms with Crippen molar-refractivity contribution in [3.63, 3.8) is 0 Å². The van der Waals surface area contributed by atoms with Gasteiger partial charge < -0.3 is 0 Å². The molecule has 0 aliphatic rings. The van der Waals surface area contributed by atoms with E-state index in [9.17, 15) is 4.21 Å². The summed E-state index contributed by atoms with van der Waals surface area (Å²) >= 11 is 0.668. The maximum atomic E-state index is 9.78. The van der Waals surface area contributed by atoms with Gasteiger partial charge in [-0.3, -0.25) is 0 Å². The Morgan fingerprint density at radius 1 is 1.50 bits per heavy atom. The smallest absolute Gasteiger partial charge is 0.103 e. The lowest BCUT2D eigenvalue weighted by Crippen LogP contribution is -1.79. The Bertz CT molecular complexity index is 60.9. The predicted molar refractivity (Wildman–Crippen MR) is 37.0 cm³/mol. The minimum absolute atomic E-state index is 0.668. The molecule has 0 aromatic rings. The minimum Gasteiger partial charge on any atom is -0.103 e. The maximum Gasteiger partial charge on any atom is 0.458 e. The van der Waals surface area contributed by atoms with Crippen molar-refractivity contribution < 1.29 is 4.21 Å². The summed E-state index contributed by atoms with van der Waals surface area (Å²) in [4.78, 5) is 0. The first-order valence-corrected chi connectivity index (χ1v) is 3.68. The van der Waals surface area contributed by atoms with Crippen molar-refractivity contribution in [2.24, 2.45) is 0 Å². The highest BCUT2D eigenvalue weighted by molar-refractivity contribution is 7.65. The summed E-state index contributed by atoms with van der Waals surface area (Å²) in [6, 6.07) is 0. The van der Waals surface area contributed by atoms with Crippen molar-refractivity contribution in [3.8, 4) is 0 Å². The molecule has 0 amide bonds. The third-order valence-corrected chi connectivity index (χ3v) is 1.34. The molecule has 0 rings (SSSR count). The fraction of sp³-hybridized carbons (Fsp3) is 0.667. The molecule has 0 fully saturated rings. The molecule has 46 valence electrons. The Hall–Kier alpha value is -0.240. The Morgan fingerprint density at radius 3 is 2.75 bits per heavy atom. The van der Waals surface area contributed by atoms with Gasteiger partial charge in [-0.1, -0.05) is 6.08 Å². The maximum absolute atomic E-state index is 9.78. The van der Waals surface area contributed by atoms with Gasteiger partial charge in [0.15, 0.2) is 0 Å². The Kier molecular flexibility index (Phi) is 6.56. The number of unbranched alkanes of at least 4 members (excludes halogenated alkanes) is 2. The third kappa shape index (κ3) is 5.76. The van der Waals surface area contributed by atoms with Crippen LogP contribution in [0.4, 0.5) is 0 Å². The molecule has 0 aliphatic carbocycles. The molecular formula is C6H11OS+. The first-order valence-electron chi connectivity index (χ1n) is 2.77. The van der Waals surface area contributed by atoms with Crippen molar-refractivity contribution in [1.29, 1.82) is 0 Å². The van der Waals surface area contributed by atoms with E-state index in [0.29, 0.717) is 11.7 Å². The zero-order valence-electron chi connectivity index (χ0n) is 4.93. The lowest BCUT2D eigenvalue weighted by Gasteiger charge is -1.82. The Labute approximate surface area is 54.3 Å². The van der Waals surface area contributed by atoms with Crippen molar-refractivity contribution in [3.05, 3.63) is 12.7 Å². The van der Waals surface area contributed by atoms with Gasteiger partial charge in [-0.2, -0.15) is 0 Å². The molecule has 2 heteroatoms. The highest BCUT2D eigenvalue weighted by Gasteiger charge is 1.94. The average Bonchev–Trinajstić information content (AvgIpc) is 1.81. The fourth-order valence-corrected chi connectivity index (χ4v) is 0.772. The van der Waals surface area contributed by atoms with Crippen LogP contribution in [0.5, 0.6) is 0 Å². The second-order valence-corrected chi connectivity index (χ2v) is 2.25. The molecular weight excluding hydrogens is 120 g/mol. The van der Waals surface area contributed by atoms with E-state index in [0.717, 1.165) is 25.0 Å². The molecule has 0 saturated heterocycles. The molecule has 0 heterocycles. The van der Waals surface area contributed by atoms with E-state index in [-0.39, 0.29) is 0 Å². The summed E-state index contributed by atoms with van der Waals surface area (Å²) in [5.74, 6) is 0.744. The van der Waals surface area contributed by atoms with E-state index in [1.54, 1.807) is 0 Å². The third-order valence-electron chi connectivity index (χ3n) is 0.886. The molecule has 0 radical (unpaired) electrons. The van der Waals surface area contributed by atoms with Gasteiger partial charge in [-0.15, -0.1) is 6.58 Å². The van der Waals surface area contributed by atoms with Gasteiger partial charge >= 0.3 is 11.7 Å². The quantitative estimate of drug-likeness (QED) is 0.316. The SMILES string of the molecule is C=CCCCC[S+]=O. The standard InChI is InChI=1S/C6H11OS/c1-2-3-4-5-6-8-7/h2H,1,3-6H2/q+1. The van der Waals surface area contributed by atoms with Crippen LogP contribution in [0.25, 0.3) is 0 Å². The van der Waals surface area contributed by atoms with E-state index in [1.165, 1.54) is 0 Å². The van der Waals surface area contributed by atoms with E-state index in [1.807, 2.05) is 6.08 Å². The van der Waals surface area contributed by atoms with E-state index < -0.39 is 0 Å². The van der Waals surface area contributed by atoms with E-state index >= 15 is 0 Å². The monoisotopic (exact) mass is 131 g/mol. The molecule has 0 N–H and O–H groups in total. The highest BCUT2D eigenvalue weighted by atomic mass is 32.1. The minimum atomic E-state index is 0.668. The lowest BCUT2D eigenvalue weighted by molar-refractivity contribution is 0.603. The van der Waals surface area contributed by atoms with Crippen LogP contribution in [-0.4, -0.2) is 5.75 Å². The molecule has 1 nitrogen and oxygen atoms in total. The zero-order valence-corrected chi connectivity index (χ0v) is 5.75. The number of hydrogen-bond donors (Lipinski definition) is 0. The number of allylic oxidation sites excluding steroid dienone is 1. The topological polar surface area (TPSA) is 17.1 Å². The van der Waals surface area contributed by atoms with Gasteiger partial charge in [-0.25, -0.2) is 0 Å². The van der Waals surface area contributed by atoms with Gasteiger partial charge in [0.1, 0.15) is 0 Å². The number of hydrogen-bond acceptors (Lipinski definition) is 1. The van der Waals surface area contributed by atoms with E-state index in [2.05, 4.69) is 6.58 Å². The molecule has 0 bridgehead atoms. The van der Waals surface area contributed by atoms with Crippen molar-refractivity contribution in [2.75, 3.05) is 5.75 Å². The van der Waals surface area contributed by atoms with Crippen LogP contribution in [-0.2, 0) is 15.9 Å². The molecule has 0 aliphatic heterocycles. The fourth-order valence-electron chi connectivity index (χ4n) is 0.450. The summed E-state index contributed by atoms with van der Waals surface area (Å²) in [5.41, 5.74) is 0. The highest BCUT2D eigenvalue weighted by Crippen LogP contribution is 1.93. The summed E-state index contributed by atoms with van der Waals surface area (Å²) in [5, 5.41) is 0. The normalized spacial score (nSPS) is 8.50. The van der Waals surface area contributed by atoms with Gasteiger partial charge in [0.2, 0.25) is 5.75 Å². The molecule has 0 saturated carbocycles. The van der Waals surface area contributed by atoms with Crippen molar-refractivity contribution in [1.82, 2.24) is 0 Å². The van der Waals surface area contributed by atoms with E-state index in [4.69, 9.17) is 0 Å². The molecule has 0 aromatic heterocycles. The number of rotatable bonds is 5. The molecule has 0 spiro atoms. The van der Waals surface area contributed by atoms with Crippen LogP contribution in [0.15, 0.2) is 12.7 Å². The van der Waals surface area contributed by atoms with Crippen LogP contribution in [0, 0.1) is 0 Å².